The number of hydrogen-bond acceptors (Lipinski definition) is 5. The van der Waals surface area contributed by atoms with Gasteiger partial charge in [0, 0.05) is 31.8 Å². The molecule has 0 spiro atoms. The van der Waals surface area contributed by atoms with Gasteiger partial charge in [-0.05, 0) is 32.9 Å². The first-order valence-corrected chi connectivity index (χ1v) is 7.99. The lowest BCUT2D eigenvalue weighted by atomic mass is 10.2. The van der Waals surface area contributed by atoms with Crippen molar-refractivity contribution in [3.05, 3.63) is 18.2 Å². The number of rotatable bonds is 4. The molecule has 0 saturated heterocycles. The molecule has 0 bridgehead atoms. The predicted molar refractivity (Wildman–Crippen MR) is 92.7 cm³/mol. The number of nitrogens with one attached hydrogen (secondary N) is 2. The van der Waals surface area contributed by atoms with Gasteiger partial charge in [0.05, 0.1) is 12.2 Å². The maximum absolute atomic E-state index is 12.0. The maximum Gasteiger partial charge on any atom is 0.407 e. The summed E-state index contributed by atoms with van der Waals surface area (Å²) in [6.45, 7) is 7.04. The van der Waals surface area contributed by atoms with Crippen LogP contribution in [-0.4, -0.2) is 44.3 Å². The highest BCUT2D eigenvalue weighted by molar-refractivity contribution is 5.91. The first-order chi connectivity index (χ1) is 11.2. The largest absolute Gasteiger partial charge is 0.489 e. The van der Waals surface area contributed by atoms with Crippen molar-refractivity contribution in [2.75, 3.05) is 37.0 Å². The van der Waals surface area contributed by atoms with Crippen LogP contribution in [0, 0.1) is 0 Å². The molecule has 0 radical (unpaired) electrons. The van der Waals surface area contributed by atoms with Crippen molar-refractivity contribution in [1.82, 2.24) is 5.32 Å². The molecule has 2 amide bonds. The van der Waals surface area contributed by atoms with Gasteiger partial charge in [0.2, 0.25) is 5.91 Å². The minimum Gasteiger partial charge on any atom is -0.489 e. The first kappa shape index (κ1) is 17.9. The number of ether oxygens (including phenoxy) is 2. The number of carbonyl (C=O) groups excluding carboxylic acids is 2. The highest BCUT2D eigenvalue weighted by Gasteiger charge is 2.17. The van der Waals surface area contributed by atoms with Crippen LogP contribution >= 0.6 is 0 Å². The number of fused-ring (bicyclic) bond motifs is 1. The fourth-order valence-electron chi connectivity index (χ4n) is 2.25. The lowest BCUT2D eigenvalue weighted by Crippen LogP contribution is -2.34. The topological polar surface area (TPSA) is 79.9 Å². The molecule has 0 atom stereocenters. The van der Waals surface area contributed by atoms with Gasteiger partial charge in [0.15, 0.2) is 0 Å². The summed E-state index contributed by atoms with van der Waals surface area (Å²) < 4.78 is 10.7. The molecule has 1 aliphatic rings. The quantitative estimate of drug-likeness (QED) is 0.883. The number of amides is 2. The zero-order chi connectivity index (χ0) is 17.7. The predicted octanol–water partition coefficient (Wildman–Crippen LogP) is 2.37. The average molecular weight is 335 g/mol. The van der Waals surface area contributed by atoms with E-state index in [1.165, 1.54) is 0 Å². The zero-order valence-corrected chi connectivity index (χ0v) is 14.6. The number of alkyl carbamates (subject to hydrolysis) is 1. The number of hydrogen-bond donors (Lipinski definition) is 2. The van der Waals surface area contributed by atoms with Crippen molar-refractivity contribution in [2.45, 2.75) is 32.8 Å². The monoisotopic (exact) mass is 335 g/mol. The molecule has 0 aromatic heterocycles. The number of likely N-dealkylation sites (N-methyl/N-ethyl adjacent to an activating group) is 1. The summed E-state index contributed by atoms with van der Waals surface area (Å²) in [4.78, 5) is 25.6. The second-order valence-electron chi connectivity index (χ2n) is 6.68. The first-order valence-electron chi connectivity index (χ1n) is 7.99. The molecule has 0 fully saturated rings. The number of carbonyl (C=O) groups is 2. The third-order valence-electron chi connectivity index (χ3n) is 3.36. The van der Waals surface area contributed by atoms with Crippen molar-refractivity contribution in [1.29, 1.82) is 0 Å². The minimum atomic E-state index is -0.553. The van der Waals surface area contributed by atoms with E-state index in [1.54, 1.807) is 20.8 Å². The van der Waals surface area contributed by atoms with Crippen molar-refractivity contribution in [3.63, 3.8) is 0 Å². The fraction of sp³-hybridized carbons (Fsp3) is 0.529. The number of anilines is 2. The Hall–Kier alpha value is -2.44. The summed E-state index contributed by atoms with van der Waals surface area (Å²) in [5.74, 6) is 0.573. The van der Waals surface area contributed by atoms with Crippen molar-refractivity contribution >= 4 is 23.4 Å². The molecule has 7 nitrogen and oxygen atoms in total. The Labute approximate surface area is 142 Å². The van der Waals surface area contributed by atoms with Gasteiger partial charge in [-0.1, -0.05) is 0 Å². The molecule has 0 unspecified atom stereocenters. The molecular formula is C17H25N3O4. The van der Waals surface area contributed by atoms with Crippen LogP contribution in [0.15, 0.2) is 18.2 Å². The Balaban J connectivity index is 1.80. The lowest BCUT2D eigenvalue weighted by molar-refractivity contribution is -0.116. The van der Waals surface area contributed by atoms with E-state index in [2.05, 4.69) is 15.5 Å². The smallest absolute Gasteiger partial charge is 0.407 e. The Morgan fingerprint density at radius 3 is 2.79 bits per heavy atom. The maximum atomic E-state index is 12.0. The van der Waals surface area contributed by atoms with E-state index < -0.39 is 11.7 Å². The van der Waals surface area contributed by atoms with Crippen LogP contribution in [0.3, 0.4) is 0 Å². The molecule has 1 heterocycles. The molecule has 1 aromatic rings. The normalized spacial score (nSPS) is 13.6. The standard InChI is InChI=1S/C17H25N3O4/c1-17(2,3)24-16(22)18-8-7-15(21)19-12-5-6-13-14(11-12)23-10-9-20(13)4/h5-6,11H,7-10H2,1-4H3,(H,18,22)(H,19,21). The van der Waals surface area contributed by atoms with Crippen LogP contribution in [-0.2, 0) is 9.53 Å². The summed E-state index contributed by atoms with van der Waals surface area (Å²) in [6, 6.07) is 5.57. The van der Waals surface area contributed by atoms with Crippen LogP contribution in [0.2, 0.25) is 0 Å². The lowest BCUT2D eigenvalue weighted by Gasteiger charge is -2.27. The average Bonchev–Trinajstić information content (AvgIpc) is 2.45. The van der Waals surface area contributed by atoms with Crippen molar-refractivity contribution in [3.8, 4) is 5.75 Å². The number of benzene rings is 1. The Morgan fingerprint density at radius 1 is 1.33 bits per heavy atom. The van der Waals surface area contributed by atoms with Gasteiger partial charge < -0.3 is 25.0 Å². The highest BCUT2D eigenvalue weighted by Crippen LogP contribution is 2.33. The summed E-state index contributed by atoms with van der Waals surface area (Å²) in [6.07, 6.45) is -0.364. The Kier molecular flexibility index (Phi) is 5.54. The minimum absolute atomic E-state index is 0.164. The molecule has 2 rings (SSSR count). The van der Waals surface area contributed by atoms with E-state index in [1.807, 2.05) is 25.2 Å². The van der Waals surface area contributed by atoms with E-state index in [-0.39, 0.29) is 18.9 Å². The Morgan fingerprint density at radius 2 is 2.08 bits per heavy atom. The van der Waals surface area contributed by atoms with Crippen LogP contribution in [0.25, 0.3) is 0 Å². The van der Waals surface area contributed by atoms with Gasteiger partial charge in [0.25, 0.3) is 0 Å². The molecule has 0 aliphatic carbocycles. The van der Waals surface area contributed by atoms with E-state index >= 15 is 0 Å². The van der Waals surface area contributed by atoms with Crippen LogP contribution in [0.5, 0.6) is 5.75 Å². The van der Waals surface area contributed by atoms with Gasteiger partial charge in [-0.2, -0.15) is 0 Å². The molecule has 2 N–H and O–H groups in total. The van der Waals surface area contributed by atoms with E-state index in [4.69, 9.17) is 9.47 Å². The van der Waals surface area contributed by atoms with Crippen molar-refractivity contribution in [2.24, 2.45) is 0 Å². The zero-order valence-electron chi connectivity index (χ0n) is 14.6. The second-order valence-corrected chi connectivity index (χ2v) is 6.68. The molecule has 0 saturated carbocycles. The van der Waals surface area contributed by atoms with Gasteiger partial charge in [-0.15, -0.1) is 0 Å². The second kappa shape index (κ2) is 7.42. The van der Waals surface area contributed by atoms with Gasteiger partial charge >= 0.3 is 6.09 Å². The molecular weight excluding hydrogens is 310 g/mol. The summed E-state index contributed by atoms with van der Waals surface area (Å²) >= 11 is 0. The summed E-state index contributed by atoms with van der Waals surface area (Å²) in [5.41, 5.74) is 1.12. The van der Waals surface area contributed by atoms with E-state index in [0.29, 0.717) is 12.3 Å². The Bertz CT molecular complexity index is 610. The van der Waals surface area contributed by atoms with Gasteiger partial charge in [-0.3, -0.25) is 4.79 Å². The third-order valence-corrected chi connectivity index (χ3v) is 3.36. The fourth-order valence-corrected chi connectivity index (χ4v) is 2.25. The summed E-state index contributed by atoms with van der Waals surface area (Å²) in [5, 5.41) is 5.36. The van der Waals surface area contributed by atoms with E-state index in [9.17, 15) is 9.59 Å². The van der Waals surface area contributed by atoms with Gasteiger partial charge in [0.1, 0.15) is 18.0 Å². The molecule has 24 heavy (non-hydrogen) atoms. The van der Waals surface area contributed by atoms with Crippen LogP contribution in [0.1, 0.15) is 27.2 Å². The van der Waals surface area contributed by atoms with Crippen LogP contribution < -0.4 is 20.3 Å². The molecule has 1 aliphatic heterocycles. The van der Waals surface area contributed by atoms with E-state index in [0.717, 1.165) is 18.0 Å². The molecule has 7 heteroatoms. The number of nitrogens with zero attached hydrogens (tertiary/aromatic N) is 1. The summed E-state index contributed by atoms with van der Waals surface area (Å²) in [7, 11) is 2.00. The van der Waals surface area contributed by atoms with Crippen LogP contribution in [0.4, 0.5) is 16.2 Å². The SMILES string of the molecule is CN1CCOc2cc(NC(=O)CCNC(=O)OC(C)(C)C)ccc21. The highest BCUT2D eigenvalue weighted by atomic mass is 16.6. The molecule has 1 aromatic carbocycles. The third kappa shape index (κ3) is 5.33. The van der Waals surface area contributed by atoms with Crippen molar-refractivity contribution < 1.29 is 19.1 Å². The van der Waals surface area contributed by atoms with Gasteiger partial charge in [-0.25, -0.2) is 4.79 Å². The molecule has 132 valence electrons.